The van der Waals surface area contributed by atoms with Crippen LogP contribution in [0.3, 0.4) is 0 Å². The van der Waals surface area contributed by atoms with Gasteiger partial charge in [0.15, 0.2) is 11.7 Å². The van der Waals surface area contributed by atoms with Crippen LogP contribution in [0.4, 0.5) is 0 Å². The minimum absolute atomic E-state index is 0.289. The number of nitrogens with zero attached hydrogens (tertiary/aromatic N) is 5. The zero-order chi connectivity index (χ0) is 21.3. The smallest absolute Gasteiger partial charge is 0.236 e. The maximum absolute atomic E-state index is 12.7. The molecule has 3 rings (SSSR count). The summed E-state index contributed by atoms with van der Waals surface area (Å²) in [5.41, 5.74) is 0.966. The lowest BCUT2D eigenvalue weighted by molar-refractivity contribution is -0.132. The van der Waals surface area contributed by atoms with E-state index in [0.29, 0.717) is 19.0 Å². The van der Waals surface area contributed by atoms with Crippen molar-refractivity contribution >= 4 is 11.9 Å². The third kappa shape index (κ3) is 6.45. The molecule has 0 aliphatic carbocycles. The molecule has 1 amide bonds. The SMILES string of the molecule is CCNC(=NCc1cc(C(C)C)no1)N1CCN(CC(=O)N2CCCCCC2)CC1. The number of aromatic nitrogens is 1. The first-order valence-corrected chi connectivity index (χ1v) is 11.6. The minimum Gasteiger partial charge on any atom is -0.359 e. The zero-order valence-electron chi connectivity index (χ0n) is 18.9. The van der Waals surface area contributed by atoms with Gasteiger partial charge in [-0.2, -0.15) is 0 Å². The molecule has 0 saturated carbocycles. The molecule has 0 atom stereocenters. The van der Waals surface area contributed by atoms with Gasteiger partial charge in [-0.3, -0.25) is 9.69 Å². The van der Waals surface area contributed by atoms with Gasteiger partial charge in [0.2, 0.25) is 5.91 Å². The Balaban J connectivity index is 1.49. The van der Waals surface area contributed by atoms with Crippen LogP contribution in [0.15, 0.2) is 15.6 Å². The molecule has 1 aromatic heterocycles. The van der Waals surface area contributed by atoms with E-state index in [1.165, 1.54) is 12.8 Å². The molecule has 30 heavy (non-hydrogen) atoms. The second kappa shape index (κ2) is 11.3. The summed E-state index contributed by atoms with van der Waals surface area (Å²) in [5.74, 6) is 2.33. The predicted molar refractivity (Wildman–Crippen MR) is 118 cm³/mol. The Morgan fingerprint density at radius 2 is 1.80 bits per heavy atom. The van der Waals surface area contributed by atoms with E-state index in [4.69, 9.17) is 9.52 Å². The molecule has 0 bridgehead atoms. The lowest BCUT2D eigenvalue weighted by atomic mass is 10.1. The van der Waals surface area contributed by atoms with Gasteiger partial charge in [-0.25, -0.2) is 4.99 Å². The van der Waals surface area contributed by atoms with Crippen LogP contribution >= 0.6 is 0 Å². The Bertz CT molecular complexity index is 686. The molecule has 3 heterocycles. The van der Waals surface area contributed by atoms with Crippen molar-refractivity contribution in [3.8, 4) is 0 Å². The van der Waals surface area contributed by atoms with Gasteiger partial charge in [-0.15, -0.1) is 0 Å². The van der Waals surface area contributed by atoms with Gasteiger partial charge in [-0.1, -0.05) is 31.8 Å². The lowest BCUT2D eigenvalue weighted by Gasteiger charge is -2.37. The molecule has 0 spiro atoms. The monoisotopic (exact) mass is 418 g/mol. The minimum atomic E-state index is 0.289. The maximum atomic E-state index is 12.7. The number of nitrogens with one attached hydrogen (secondary N) is 1. The normalized spacial score (nSPS) is 19.3. The maximum Gasteiger partial charge on any atom is 0.236 e. The van der Waals surface area contributed by atoms with Crippen molar-refractivity contribution in [1.82, 2.24) is 25.2 Å². The van der Waals surface area contributed by atoms with Gasteiger partial charge in [0.05, 0.1) is 12.2 Å². The Morgan fingerprint density at radius 1 is 1.10 bits per heavy atom. The molecular formula is C22H38N6O2. The molecule has 8 heteroatoms. The van der Waals surface area contributed by atoms with E-state index in [1.807, 2.05) is 6.07 Å². The molecule has 2 saturated heterocycles. The van der Waals surface area contributed by atoms with Crippen molar-refractivity contribution in [2.75, 3.05) is 52.4 Å². The van der Waals surface area contributed by atoms with Crippen molar-refractivity contribution in [2.24, 2.45) is 4.99 Å². The molecule has 0 radical (unpaired) electrons. The highest BCUT2D eigenvalue weighted by Crippen LogP contribution is 2.15. The average Bonchev–Trinajstić information content (AvgIpc) is 3.05. The van der Waals surface area contributed by atoms with E-state index in [1.54, 1.807) is 0 Å². The molecule has 0 unspecified atom stereocenters. The Kier molecular flexibility index (Phi) is 8.54. The van der Waals surface area contributed by atoms with Crippen LogP contribution in [0.5, 0.6) is 0 Å². The molecule has 168 valence electrons. The molecule has 2 fully saturated rings. The Labute approximate surface area is 180 Å². The molecule has 1 aromatic rings. The number of rotatable bonds is 6. The number of piperazine rings is 1. The van der Waals surface area contributed by atoms with Gasteiger partial charge < -0.3 is 19.6 Å². The largest absolute Gasteiger partial charge is 0.359 e. The van der Waals surface area contributed by atoms with Crippen molar-refractivity contribution < 1.29 is 9.32 Å². The number of likely N-dealkylation sites (tertiary alicyclic amines) is 1. The van der Waals surface area contributed by atoms with Crippen LogP contribution in [-0.4, -0.2) is 84.1 Å². The van der Waals surface area contributed by atoms with Crippen LogP contribution in [0.25, 0.3) is 0 Å². The highest BCUT2D eigenvalue weighted by molar-refractivity contribution is 5.80. The first-order chi connectivity index (χ1) is 14.6. The standard InChI is InChI=1S/C22H38N6O2/c1-4-23-22(24-16-19-15-20(18(2)3)25-30-19)28-13-11-26(12-14-28)17-21(29)27-9-7-5-6-8-10-27/h15,18H,4-14,16-17H2,1-3H3,(H,23,24). The molecule has 1 N–H and O–H groups in total. The number of aliphatic imine (C=N–C) groups is 1. The first-order valence-electron chi connectivity index (χ1n) is 11.6. The zero-order valence-corrected chi connectivity index (χ0v) is 18.9. The average molecular weight is 419 g/mol. The topological polar surface area (TPSA) is 77.2 Å². The van der Waals surface area contributed by atoms with Crippen LogP contribution < -0.4 is 5.32 Å². The van der Waals surface area contributed by atoms with E-state index in [2.05, 4.69) is 45.9 Å². The number of carbonyl (C=O) groups is 1. The van der Waals surface area contributed by atoms with Gasteiger partial charge in [0.1, 0.15) is 6.54 Å². The van der Waals surface area contributed by atoms with Gasteiger partial charge in [0, 0.05) is 51.9 Å². The van der Waals surface area contributed by atoms with Crippen LogP contribution in [0.2, 0.25) is 0 Å². The molecule has 0 aromatic carbocycles. The summed E-state index contributed by atoms with van der Waals surface area (Å²) < 4.78 is 5.42. The number of carbonyl (C=O) groups excluding carboxylic acids is 1. The predicted octanol–water partition coefficient (Wildman–Crippen LogP) is 2.28. The number of guanidine groups is 1. The third-order valence-corrected chi connectivity index (χ3v) is 5.88. The third-order valence-electron chi connectivity index (χ3n) is 5.88. The van der Waals surface area contributed by atoms with Gasteiger partial charge >= 0.3 is 0 Å². The van der Waals surface area contributed by atoms with Crippen molar-refractivity contribution in [1.29, 1.82) is 0 Å². The fourth-order valence-corrected chi connectivity index (χ4v) is 3.98. The Hall–Kier alpha value is -2.09. The van der Waals surface area contributed by atoms with E-state index >= 15 is 0 Å². The Morgan fingerprint density at radius 3 is 2.40 bits per heavy atom. The van der Waals surface area contributed by atoms with Crippen molar-refractivity contribution in [3.05, 3.63) is 17.5 Å². The second-order valence-corrected chi connectivity index (χ2v) is 8.60. The quantitative estimate of drug-likeness (QED) is 0.564. The summed E-state index contributed by atoms with van der Waals surface area (Å²) in [4.78, 5) is 24.0. The summed E-state index contributed by atoms with van der Waals surface area (Å²) in [7, 11) is 0. The molecule has 2 aliphatic rings. The van der Waals surface area contributed by atoms with Crippen LogP contribution in [-0.2, 0) is 11.3 Å². The number of amides is 1. The van der Waals surface area contributed by atoms with E-state index in [9.17, 15) is 4.79 Å². The first kappa shape index (κ1) is 22.6. The van der Waals surface area contributed by atoms with Crippen molar-refractivity contribution in [2.45, 2.75) is 58.9 Å². The van der Waals surface area contributed by atoms with E-state index < -0.39 is 0 Å². The summed E-state index contributed by atoms with van der Waals surface area (Å²) >= 11 is 0. The van der Waals surface area contributed by atoms with E-state index in [0.717, 1.165) is 76.1 Å². The summed E-state index contributed by atoms with van der Waals surface area (Å²) in [6.45, 7) is 13.5. The summed E-state index contributed by atoms with van der Waals surface area (Å²) in [5, 5.41) is 7.50. The summed E-state index contributed by atoms with van der Waals surface area (Å²) in [6, 6.07) is 1.99. The number of hydrogen-bond acceptors (Lipinski definition) is 5. The van der Waals surface area contributed by atoms with Gasteiger partial charge in [-0.05, 0) is 25.7 Å². The van der Waals surface area contributed by atoms with E-state index in [-0.39, 0.29) is 5.91 Å². The van der Waals surface area contributed by atoms with Crippen LogP contribution in [0, 0.1) is 0 Å². The summed E-state index contributed by atoms with van der Waals surface area (Å²) in [6.07, 6.45) is 4.79. The molecular weight excluding hydrogens is 380 g/mol. The number of hydrogen-bond donors (Lipinski definition) is 1. The van der Waals surface area contributed by atoms with Gasteiger partial charge in [0.25, 0.3) is 0 Å². The molecule has 2 aliphatic heterocycles. The highest BCUT2D eigenvalue weighted by atomic mass is 16.5. The second-order valence-electron chi connectivity index (χ2n) is 8.60. The lowest BCUT2D eigenvalue weighted by Crippen LogP contribution is -2.54. The fraction of sp³-hybridized carbons (Fsp3) is 0.773. The fourth-order valence-electron chi connectivity index (χ4n) is 3.98. The highest BCUT2D eigenvalue weighted by Gasteiger charge is 2.23. The van der Waals surface area contributed by atoms with Crippen molar-refractivity contribution in [3.63, 3.8) is 0 Å². The van der Waals surface area contributed by atoms with Crippen LogP contribution in [0.1, 0.15) is 63.8 Å². The molecule has 8 nitrogen and oxygen atoms in total.